The highest BCUT2D eigenvalue weighted by molar-refractivity contribution is 6.06. The van der Waals surface area contributed by atoms with Gasteiger partial charge in [0.1, 0.15) is 12.4 Å². The molecule has 8 heteroatoms. The maximum absolute atomic E-state index is 13.2. The fourth-order valence-corrected chi connectivity index (χ4v) is 5.30. The Labute approximate surface area is 205 Å². The molecule has 1 atom stereocenters. The molecule has 0 saturated carbocycles. The summed E-state index contributed by atoms with van der Waals surface area (Å²) in [5.41, 5.74) is 2.55. The third kappa shape index (κ3) is 4.34. The van der Waals surface area contributed by atoms with Gasteiger partial charge in [0.2, 0.25) is 5.95 Å². The Morgan fingerprint density at radius 3 is 2.63 bits per heavy atom. The zero-order chi connectivity index (χ0) is 23.8. The van der Waals surface area contributed by atoms with Crippen LogP contribution >= 0.6 is 0 Å². The molecule has 4 heterocycles. The molecule has 0 radical (unpaired) electrons. The second-order valence-corrected chi connectivity index (χ2v) is 9.55. The van der Waals surface area contributed by atoms with Crippen LogP contribution in [0.2, 0.25) is 0 Å². The molecule has 0 N–H and O–H groups in total. The summed E-state index contributed by atoms with van der Waals surface area (Å²) in [6, 6.07) is 10.2. The molecule has 1 aromatic heterocycles. The monoisotopic (exact) mass is 470 g/mol. The number of carbonyl (C=O) groups excluding carboxylic acids is 1. The van der Waals surface area contributed by atoms with Gasteiger partial charge in [-0.3, -0.25) is 14.7 Å². The third-order valence-electron chi connectivity index (χ3n) is 7.30. The summed E-state index contributed by atoms with van der Waals surface area (Å²) in [5, 5.41) is 2.10. The second kappa shape index (κ2) is 9.26. The second-order valence-electron chi connectivity index (χ2n) is 9.55. The van der Waals surface area contributed by atoms with Gasteiger partial charge in [0.05, 0.1) is 17.3 Å². The van der Waals surface area contributed by atoms with Crippen molar-refractivity contribution in [1.29, 1.82) is 0 Å². The van der Waals surface area contributed by atoms with Crippen LogP contribution < -0.4 is 9.64 Å². The lowest BCUT2D eigenvalue weighted by molar-refractivity contribution is 0.0775. The largest absolute Gasteiger partial charge is 0.492 e. The molecule has 2 aromatic carbocycles. The van der Waals surface area contributed by atoms with E-state index < -0.39 is 0 Å². The number of amides is 1. The number of benzene rings is 2. The minimum absolute atomic E-state index is 0.0880. The highest BCUT2D eigenvalue weighted by atomic mass is 16.5. The fourth-order valence-electron chi connectivity index (χ4n) is 5.30. The van der Waals surface area contributed by atoms with Crippen molar-refractivity contribution in [3.8, 4) is 5.75 Å². The number of nitrogens with zero attached hydrogens (tertiary/aromatic N) is 6. The van der Waals surface area contributed by atoms with E-state index in [0.717, 1.165) is 85.8 Å². The van der Waals surface area contributed by atoms with E-state index in [4.69, 9.17) is 4.74 Å². The van der Waals surface area contributed by atoms with E-state index in [1.807, 2.05) is 29.3 Å². The van der Waals surface area contributed by atoms with Crippen molar-refractivity contribution in [2.24, 2.45) is 4.99 Å². The predicted molar refractivity (Wildman–Crippen MR) is 137 cm³/mol. The molecule has 3 aromatic rings. The number of anilines is 1. The van der Waals surface area contributed by atoms with Crippen molar-refractivity contribution in [3.05, 3.63) is 53.9 Å². The van der Waals surface area contributed by atoms with Crippen LogP contribution in [0.1, 0.15) is 28.8 Å². The van der Waals surface area contributed by atoms with E-state index >= 15 is 0 Å². The first-order valence-electron chi connectivity index (χ1n) is 12.5. The molecule has 2 saturated heterocycles. The number of rotatable bonds is 5. The van der Waals surface area contributed by atoms with Gasteiger partial charge in [-0.25, -0.2) is 9.97 Å². The van der Waals surface area contributed by atoms with Gasteiger partial charge in [-0.05, 0) is 66.4 Å². The minimum Gasteiger partial charge on any atom is -0.492 e. The number of ether oxygens (including phenoxy) is 1. The summed E-state index contributed by atoms with van der Waals surface area (Å²) in [7, 11) is 0. The van der Waals surface area contributed by atoms with Crippen molar-refractivity contribution in [2.45, 2.75) is 25.8 Å². The molecule has 6 rings (SSSR count). The number of aliphatic imine (C=N–C) groups is 1. The molecule has 3 aliphatic rings. The van der Waals surface area contributed by atoms with Crippen molar-refractivity contribution >= 4 is 34.5 Å². The van der Waals surface area contributed by atoms with Gasteiger partial charge < -0.3 is 14.5 Å². The Balaban J connectivity index is 1.12. The molecule has 2 fully saturated rings. The summed E-state index contributed by atoms with van der Waals surface area (Å²) in [5.74, 6) is 1.76. The highest BCUT2D eigenvalue weighted by Crippen LogP contribution is 2.34. The zero-order valence-electron chi connectivity index (χ0n) is 20.1. The van der Waals surface area contributed by atoms with Gasteiger partial charge >= 0.3 is 0 Å². The number of aryl methyl sites for hydroxylation is 1. The average Bonchev–Trinajstić information content (AvgIpc) is 3.32. The first-order chi connectivity index (χ1) is 17.2. The van der Waals surface area contributed by atoms with Crippen LogP contribution in [0.3, 0.4) is 0 Å². The Morgan fingerprint density at radius 1 is 1.00 bits per heavy atom. The van der Waals surface area contributed by atoms with Crippen LogP contribution in [0.15, 0.2) is 47.7 Å². The van der Waals surface area contributed by atoms with Crippen LogP contribution in [0.5, 0.6) is 5.75 Å². The fraction of sp³-hybridized carbons (Fsp3) is 0.407. The standard InChI is InChI=1S/C27H30N6O2/c1-19-14-20-16-24-23(26(34)33-7-2-4-22(33)18-30-24)15-21(20)17-25(19)35-13-12-31-8-10-32(11-9-31)27-28-5-3-6-29-27/h3,5-6,14-18,22H,2,4,7-13H2,1H3/t22-/m0/s1. The van der Waals surface area contributed by atoms with E-state index in [2.05, 4.69) is 43.8 Å². The number of carbonyl (C=O) groups is 1. The SMILES string of the molecule is Cc1cc2cc3c(cc2cc1OCCN1CCN(c2ncccn2)CC1)C(=O)N1CCC[C@H]1C=N3. The average molecular weight is 471 g/mol. The maximum atomic E-state index is 13.2. The van der Waals surface area contributed by atoms with Crippen molar-refractivity contribution in [2.75, 3.05) is 50.8 Å². The maximum Gasteiger partial charge on any atom is 0.256 e. The molecule has 0 aliphatic carbocycles. The highest BCUT2D eigenvalue weighted by Gasteiger charge is 2.31. The summed E-state index contributed by atoms with van der Waals surface area (Å²) in [4.78, 5) is 33.2. The topological polar surface area (TPSA) is 74.2 Å². The van der Waals surface area contributed by atoms with E-state index in [9.17, 15) is 4.79 Å². The van der Waals surface area contributed by atoms with Gasteiger partial charge in [0.15, 0.2) is 0 Å². The van der Waals surface area contributed by atoms with Crippen LogP contribution in [-0.4, -0.2) is 83.8 Å². The van der Waals surface area contributed by atoms with E-state index in [1.165, 1.54) is 0 Å². The molecule has 8 nitrogen and oxygen atoms in total. The van der Waals surface area contributed by atoms with Crippen LogP contribution in [-0.2, 0) is 0 Å². The molecular weight excluding hydrogens is 440 g/mol. The molecular formula is C27H30N6O2. The summed E-state index contributed by atoms with van der Waals surface area (Å²) >= 11 is 0. The lowest BCUT2D eigenvalue weighted by atomic mass is 10.0. The molecule has 3 aliphatic heterocycles. The van der Waals surface area contributed by atoms with Gasteiger partial charge in [-0.15, -0.1) is 0 Å². The summed E-state index contributed by atoms with van der Waals surface area (Å²) in [6.07, 6.45) is 7.56. The molecule has 0 unspecified atom stereocenters. The summed E-state index contributed by atoms with van der Waals surface area (Å²) < 4.78 is 6.22. The van der Waals surface area contributed by atoms with E-state index in [0.29, 0.717) is 12.2 Å². The smallest absolute Gasteiger partial charge is 0.256 e. The lowest BCUT2D eigenvalue weighted by Crippen LogP contribution is -2.48. The predicted octanol–water partition coefficient (Wildman–Crippen LogP) is 3.46. The minimum atomic E-state index is 0.0880. The van der Waals surface area contributed by atoms with E-state index in [1.54, 1.807) is 12.4 Å². The zero-order valence-corrected chi connectivity index (χ0v) is 20.1. The lowest BCUT2D eigenvalue weighted by Gasteiger charge is -2.34. The van der Waals surface area contributed by atoms with Gasteiger partial charge in [0, 0.05) is 57.9 Å². The number of piperazine rings is 1. The molecule has 0 bridgehead atoms. The van der Waals surface area contributed by atoms with Crippen LogP contribution in [0.4, 0.5) is 11.6 Å². The number of fused-ring (bicyclic) bond motifs is 3. The summed E-state index contributed by atoms with van der Waals surface area (Å²) in [6.45, 7) is 8.13. The Kier molecular flexibility index (Phi) is 5.82. The molecule has 180 valence electrons. The number of hydrogen-bond acceptors (Lipinski definition) is 7. The number of aromatic nitrogens is 2. The van der Waals surface area contributed by atoms with Gasteiger partial charge in [0.25, 0.3) is 5.91 Å². The Hall–Kier alpha value is -3.52. The Morgan fingerprint density at radius 2 is 1.80 bits per heavy atom. The van der Waals surface area contributed by atoms with Gasteiger partial charge in [-0.2, -0.15) is 0 Å². The first kappa shape index (κ1) is 22.0. The molecule has 35 heavy (non-hydrogen) atoms. The quantitative estimate of drug-likeness (QED) is 0.569. The Bertz CT molecular complexity index is 1270. The van der Waals surface area contributed by atoms with Crippen LogP contribution in [0, 0.1) is 6.92 Å². The van der Waals surface area contributed by atoms with Crippen LogP contribution in [0.25, 0.3) is 10.8 Å². The van der Waals surface area contributed by atoms with Crippen molar-refractivity contribution in [3.63, 3.8) is 0 Å². The first-order valence-corrected chi connectivity index (χ1v) is 12.5. The van der Waals surface area contributed by atoms with E-state index in [-0.39, 0.29) is 11.9 Å². The normalized spacial score (nSPS) is 20.1. The van der Waals surface area contributed by atoms with Gasteiger partial charge in [-0.1, -0.05) is 0 Å². The van der Waals surface area contributed by atoms with Crippen molar-refractivity contribution < 1.29 is 9.53 Å². The molecule has 0 spiro atoms. The third-order valence-corrected chi connectivity index (χ3v) is 7.30. The number of hydrogen-bond donors (Lipinski definition) is 0. The molecule has 1 amide bonds. The van der Waals surface area contributed by atoms with Crippen molar-refractivity contribution in [1.82, 2.24) is 19.8 Å².